The molecule has 0 aromatic carbocycles. The number of ether oxygens (including phenoxy) is 1. The van der Waals surface area contributed by atoms with Crippen LogP contribution in [0.1, 0.15) is 42.5 Å². The van der Waals surface area contributed by atoms with E-state index in [1.54, 1.807) is 7.05 Å². The summed E-state index contributed by atoms with van der Waals surface area (Å²) >= 11 is 0. The standard InChI is InChI=1S/C21H32N4O4/c1-12-7-14(19(27)22-6)13(2)25(12)11-18(26)24-9-16-15(17(16)10-24)8-23-20(28)29-21(3,4)5/h7,15-17H,8-11H2,1-6H3,(H,22,27)(H,23,28)/t15?,16-,17+. The molecule has 2 fully saturated rings. The summed E-state index contributed by atoms with van der Waals surface area (Å²) < 4.78 is 7.17. The minimum absolute atomic E-state index is 0.0707. The van der Waals surface area contributed by atoms with Gasteiger partial charge in [-0.05, 0) is 58.4 Å². The summed E-state index contributed by atoms with van der Waals surface area (Å²) in [6.45, 7) is 11.6. The maximum atomic E-state index is 12.8. The number of aromatic nitrogens is 1. The van der Waals surface area contributed by atoms with Gasteiger partial charge in [0.25, 0.3) is 5.91 Å². The van der Waals surface area contributed by atoms with Gasteiger partial charge in [-0.3, -0.25) is 9.59 Å². The highest BCUT2D eigenvalue weighted by Gasteiger charge is 2.56. The molecule has 2 aliphatic rings. The van der Waals surface area contributed by atoms with Gasteiger partial charge in [0.1, 0.15) is 12.1 Å². The van der Waals surface area contributed by atoms with Crippen molar-refractivity contribution < 1.29 is 19.1 Å². The topological polar surface area (TPSA) is 92.7 Å². The van der Waals surface area contributed by atoms with Gasteiger partial charge in [0.15, 0.2) is 0 Å². The molecule has 0 radical (unpaired) electrons. The van der Waals surface area contributed by atoms with E-state index < -0.39 is 5.60 Å². The average Bonchev–Trinajstić information content (AvgIpc) is 2.94. The summed E-state index contributed by atoms with van der Waals surface area (Å²) in [5.74, 6) is 1.24. The van der Waals surface area contributed by atoms with E-state index in [-0.39, 0.29) is 24.5 Å². The van der Waals surface area contributed by atoms with Crippen LogP contribution in [0.5, 0.6) is 0 Å². The van der Waals surface area contributed by atoms with Crippen molar-refractivity contribution in [1.29, 1.82) is 0 Å². The Kier molecular flexibility index (Phi) is 5.65. The van der Waals surface area contributed by atoms with Gasteiger partial charge in [0.05, 0.1) is 5.56 Å². The maximum Gasteiger partial charge on any atom is 0.407 e. The molecule has 1 aromatic heterocycles. The number of nitrogens with one attached hydrogen (secondary N) is 2. The molecule has 2 N–H and O–H groups in total. The summed E-state index contributed by atoms with van der Waals surface area (Å²) in [7, 11) is 1.60. The Morgan fingerprint density at radius 1 is 1.17 bits per heavy atom. The quantitative estimate of drug-likeness (QED) is 0.781. The number of amides is 3. The molecule has 1 saturated carbocycles. The summed E-state index contributed by atoms with van der Waals surface area (Å²) in [5.41, 5.74) is 1.81. The van der Waals surface area contributed by atoms with Gasteiger partial charge in [-0.15, -0.1) is 0 Å². The molecule has 2 heterocycles. The number of alkyl carbamates (subject to hydrolysis) is 1. The first-order valence-electron chi connectivity index (χ1n) is 10.1. The molecular weight excluding hydrogens is 372 g/mol. The van der Waals surface area contributed by atoms with Crippen LogP contribution in [0.3, 0.4) is 0 Å². The van der Waals surface area contributed by atoms with E-state index in [9.17, 15) is 14.4 Å². The molecule has 3 amide bonds. The van der Waals surface area contributed by atoms with Crippen molar-refractivity contribution >= 4 is 17.9 Å². The highest BCUT2D eigenvalue weighted by atomic mass is 16.6. The van der Waals surface area contributed by atoms with E-state index >= 15 is 0 Å². The molecule has 0 bridgehead atoms. The van der Waals surface area contributed by atoms with Gasteiger partial charge in [-0.25, -0.2) is 4.79 Å². The molecule has 160 valence electrons. The third-order valence-corrected chi connectivity index (χ3v) is 5.94. The number of piperidine rings is 1. The first-order valence-corrected chi connectivity index (χ1v) is 10.1. The summed E-state index contributed by atoms with van der Waals surface area (Å²) in [6.07, 6.45) is -0.388. The van der Waals surface area contributed by atoms with Crippen molar-refractivity contribution in [2.75, 3.05) is 26.7 Å². The van der Waals surface area contributed by atoms with Crippen LogP contribution < -0.4 is 10.6 Å². The van der Waals surface area contributed by atoms with Crippen molar-refractivity contribution in [3.05, 3.63) is 23.0 Å². The van der Waals surface area contributed by atoms with E-state index in [0.717, 1.165) is 24.5 Å². The summed E-state index contributed by atoms with van der Waals surface area (Å²) in [6, 6.07) is 1.82. The highest BCUT2D eigenvalue weighted by Crippen LogP contribution is 2.51. The first kappa shape index (κ1) is 21.2. The molecule has 1 aliphatic carbocycles. The number of likely N-dealkylation sites (tertiary alicyclic amines) is 1. The Morgan fingerprint density at radius 3 is 2.34 bits per heavy atom. The third-order valence-electron chi connectivity index (χ3n) is 5.94. The SMILES string of the molecule is CNC(=O)c1cc(C)n(CC(=O)N2C[C@@H]3C(CNC(=O)OC(C)(C)C)[C@@H]3C2)c1C. The predicted octanol–water partition coefficient (Wildman–Crippen LogP) is 1.69. The van der Waals surface area contributed by atoms with Crippen LogP contribution in [0.2, 0.25) is 0 Å². The van der Waals surface area contributed by atoms with Gasteiger partial charge in [0.2, 0.25) is 5.91 Å². The van der Waals surface area contributed by atoms with Gasteiger partial charge in [-0.2, -0.15) is 0 Å². The minimum atomic E-state index is -0.501. The fraction of sp³-hybridized carbons (Fsp3) is 0.667. The lowest BCUT2D eigenvalue weighted by Gasteiger charge is -2.22. The van der Waals surface area contributed by atoms with E-state index in [4.69, 9.17) is 4.74 Å². The molecule has 8 nitrogen and oxygen atoms in total. The van der Waals surface area contributed by atoms with E-state index in [2.05, 4.69) is 10.6 Å². The lowest BCUT2D eigenvalue weighted by molar-refractivity contribution is -0.131. The van der Waals surface area contributed by atoms with Crippen LogP contribution in [0, 0.1) is 31.6 Å². The summed E-state index contributed by atoms with van der Waals surface area (Å²) in [5, 5.41) is 5.47. The molecule has 3 atom stereocenters. The molecule has 1 saturated heterocycles. The van der Waals surface area contributed by atoms with Crippen molar-refractivity contribution in [2.24, 2.45) is 17.8 Å². The molecular formula is C21H32N4O4. The molecule has 1 unspecified atom stereocenters. The molecule has 0 spiro atoms. The largest absolute Gasteiger partial charge is 0.444 e. The number of carbonyl (C=O) groups is 3. The van der Waals surface area contributed by atoms with Crippen LogP contribution in [0.4, 0.5) is 4.79 Å². The van der Waals surface area contributed by atoms with Crippen LogP contribution in [0.25, 0.3) is 0 Å². The Hall–Kier alpha value is -2.51. The fourth-order valence-corrected chi connectivity index (χ4v) is 4.32. The lowest BCUT2D eigenvalue weighted by Crippen LogP contribution is -2.37. The summed E-state index contributed by atoms with van der Waals surface area (Å²) in [4.78, 5) is 38.4. The molecule has 3 rings (SSSR count). The second kappa shape index (κ2) is 7.72. The Balaban J connectivity index is 1.49. The second-order valence-corrected chi connectivity index (χ2v) is 9.12. The maximum absolute atomic E-state index is 12.8. The van der Waals surface area contributed by atoms with Gasteiger partial charge in [0, 0.05) is 38.1 Å². The fourth-order valence-electron chi connectivity index (χ4n) is 4.32. The third kappa shape index (κ3) is 4.57. The van der Waals surface area contributed by atoms with Crippen LogP contribution in [-0.2, 0) is 16.1 Å². The zero-order chi connectivity index (χ0) is 21.5. The Labute approximate surface area is 172 Å². The van der Waals surface area contributed by atoms with Gasteiger partial charge >= 0.3 is 6.09 Å². The van der Waals surface area contributed by atoms with E-state index in [1.165, 1.54) is 0 Å². The highest BCUT2D eigenvalue weighted by molar-refractivity contribution is 5.95. The van der Waals surface area contributed by atoms with Gasteiger partial charge < -0.3 is 24.8 Å². The van der Waals surface area contributed by atoms with Crippen LogP contribution >= 0.6 is 0 Å². The first-order chi connectivity index (χ1) is 13.5. The number of aryl methyl sites for hydroxylation is 1. The van der Waals surface area contributed by atoms with Crippen LogP contribution in [0.15, 0.2) is 6.07 Å². The number of hydrogen-bond acceptors (Lipinski definition) is 4. The number of hydrogen-bond donors (Lipinski definition) is 2. The van der Waals surface area contributed by atoms with Gasteiger partial charge in [-0.1, -0.05) is 0 Å². The second-order valence-electron chi connectivity index (χ2n) is 9.12. The normalized spacial score (nSPS) is 22.8. The molecule has 8 heteroatoms. The number of rotatable bonds is 5. The van der Waals surface area contributed by atoms with E-state index in [0.29, 0.717) is 29.9 Å². The number of nitrogens with zero attached hydrogens (tertiary/aromatic N) is 2. The monoisotopic (exact) mass is 404 g/mol. The number of fused-ring (bicyclic) bond motifs is 1. The average molecular weight is 405 g/mol. The zero-order valence-electron chi connectivity index (χ0n) is 18.2. The predicted molar refractivity (Wildman–Crippen MR) is 109 cm³/mol. The molecule has 1 aliphatic heterocycles. The lowest BCUT2D eigenvalue weighted by atomic mass is 10.2. The Morgan fingerprint density at radius 2 is 1.79 bits per heavy atom. The van der Waals surface area contributed by atoms with Crippen molar-refractivity contribution in [2.45, 2.75) is 46.8 Å². The smallest absolute Gasteiger partial charge is 0.407 e. The van der Waals surface area contributed by atoms with Crippen molar-refractivity contribution in [1.82, 2.24) is 20.1 Å². The zero-order valence-corrected chi connectivity index (χ0v) is 18.2. The van der Waals surface area contributed by atoms with Crippen molar-refractivity contribution in [3.63, 3.8) is 0 Å². The minimum Gasteiger partial charge on any atom is -0.444 e. The Bertz CT molecular complexity index is 811. The van der Waals surface area contributed by atoms with Crippen molar-refractivity contribution in [3.8, 4) is 0 Å². The molecule has 29 heavy (non-hydrogen) atoms. The molecule has 1 aromatic rings. The van der Waals surface area contributed by atoms with E-state index in [1.807, 2.05) is 50.2 Å². The van der Waals surface area contributed by atoms with Crippen LogP contribution in [-0.4, -0.2) is 59.7 Å². The number of carbonyl (C=O) groups excluding carboxylic acids is 3.